The van der Waals surface area contributed by atoms with Gasteiger partial charge in [-0.3, -0.25) is 4.79 Å². The van der Waals surface area contributed by atoms with Gasteiger partial charge in [-0.1, -0.05) is 108 Å². The van der Waals surface area contributed by atoms with Gasteiger partial charge in [0.2, 0.25) is 15.9 Å². The highest BCUT2D eigenvalue weighted by molar-refractivity contribution is 7.90. The number of nitrogens with zero attached hydrogens (tertiary/aromatic N) is 1. The van der Waals surface area contributed by atoms with E-state index >= 15 is 0 Å². The number of sulfonamides is 1. The van der Waals surface area contributed by atoms with Gasteiger partial charge in [0.15, 0.2) is 0 Å². The minimum atomic E-state index is -3.78. The van der Waals surface area contributed by atoms with Gasteiger partial charge in [0.25, 0.3) is 0 Å². The number of allylic oxidation sites excluding steroid dienone is 4. The maximum atomic E-state index is 13.9. The topological polar surface area (TPSA) is 54.5 Å². The maximum absolute atomic E-state index is 13.9. The van der Waals surface area contributed by atoms with E-state index in [0.29, 0.717) is 18.5 Å². The van der Waals surface area contributed by atoms with Crippen LogP contribution in [0.1, 0.15) is 103 Å². The largest absolute Gasteiger partial charge is 0.273 e. The van der Waals surface area contributed by atoms with Crippen LogP contribution in [0.15, 0.2) is 48.7 Å². The van der Waals surface area contributed by atoms with Crippen molar-refractivity contribution in [2.24, 2.45) is 11.8 Å². The summed E-state index contributed by atoms with van der Waals surface area (Å²) in [6, 6.07) is 0. The lowest BCUT2D eigenvalue weighted by atomic mass is 9.79. The fourth-order valence-electron chi connectivity index (χ4n) is 5.97. The first kappa shape index (κ1) is 26.0. The Bertz CT molecular complexity index is 836. The number of hydrogen-bond donors (Lipinski definition) is 0. The Kier molecular flexibility index (Phi) is 10.0. The molecule has 2 saturated carbocycles. The van der Waals surface area contributed by atoms with E-state index in [4.69, 9.17) is 0 Å². The van der Waals surface area contributed by atoms with Crippen LogP contribution in [-0.2, 0) is 14.8 Å². The molecular formula is C28H43NO3S. The third kappa shape index (κ3) is 6.29. The smallest absolute Gasteiger partial charge is 0.248 e. The van der Waals surface area contributed by atoms with Crippen molar-refractivity contribution in [1.29, 1.82) is 0 Å². The van der Waals surface area contributed by atoms with E-state index in [-0.39, 0.29) is 11.8 Å². The molecule has 1 heterocycles. The fraction of sp³-hybridized carbons (Fsp3) is 0.679. The van der Waals surface area contributed by atoms with Crippen molar-refractivity contribution in [1.82, 2.24) is 4.31 Å². The van der Waals surface area contributed by atoms with Gasteiger partial charge in [0, 0.05) is 0 Å². The third-order valence-electron chi connectivity index (χ3n) is 7.77. The van der Waals surface area contributed by atoms with Crippen molar-refractivity contribution >= 4 is 15.9 Å². The van der Waals surface area contributed by atoms with Crippen LogP contribution in [0.4, 0.5) is 0 Å². The monoisotopic (exact) mass is 473 g/mol. The lowest BCUT2D eigenvalue weighted by molar-refractivity contribution is -0.128. The van der Waals surface area contributed by atoms with E-state index in [0.717, 1.165) is 56.9 Å². The Hall–Kier alpha value is -1.62. The van der Waals surface area contributed by atoms with Crippen LogP contribution in [0, 0.1) is 11.8 Å². The molecule has 0 aromatic rings. The molecule has 0 aromatic heterocycles. The molecule has 1 atom stereocenters. The molecule has 1 amide bonds. The molecule has 0 radical (unpaired) electrons. The minimum Gasteiger partial charge on any atom is -0.273 e. The van der Waals surface area contributed by atoms with Crippen molar-refractivity contribution < 1.29 is 13.2 Å². The van der Waals surface area contributed by atoms with Gasteiger partial charge in [-0.2, -0.15) is 0 Å². The predicted molar refractivity (Wildman–Crippen MR) is 137 cm³/mol. The molecule has 0 bridgehead atoms. The number of amides is 1. The summed E-state index contributed by atoms with van der Waals surface area (Å²) in [6.45, 7) is 7.73. The molecule has 2 fully saturated rings. The normalized spacial score (nSPS) is 25.8. The number of hydrogen-bond acceptors (Lipinski definition) is 3. The van der Waals surface area contributed by atoms with Gasteiger partial charge in [-0.05, 0) is 43.3 Å². The average Bonchev–Trinajstić information content (AvgIpc) is 3.07. The van der Waals surface area contributed by atoms with Crippen molar-refractivity contribution in [3.63, 3.8) is 0 Å². The van der Waals surface area contributed by atoms with Crippen molar-refractivity contribution in [3.8, 4) is 0 Å². The third-order valence-corrected chi connectivity index (χ3v) is 9.97. The summed E-state index contributed by atoms with van der Waals surface area (Å²) in [5.74, 6) is -0.484. The van der Waals surface area contributed by atoms with E-state index in [1.165, 1.54) is 42.8 Å². The Balaban J connectivity index is 1.97. The summed E-state index contributed by atoms with van der Waals surface area (Å²) in [5, 5.41) is -0.482. The zero-order valence-electron chi connectivity index (χ0n) is 20.3. The summed E-state index contributed by atoms with van der Waals surface area (Å²) in [4.78, 5) is 13.9. The molecule has 1 aliphatic heterocycles. The summed E-state index contributed by atoms with van der Waals surface area (Å²) >= 11 is 0. The first-order valence-corrected chi connectivity index (χ1v) is 14.8. The number of carbonyl (C=O) groups is 1. The second-order valence-corrected chi connectivity index (χ2v) is 12.1. The highest BCUT2D eigenvalue weighted by Gasteiger charge is 2.48. The standard InChI is InChI=1S/C28H43NO3S/c1-3-5-22-25-26(4-2)29(33(31,32)24-20-16-12-9-13-17-21-24)28(30)27(25)23-18-14-10-7-6-8-11-15-19-23/h3-5,22-24,27H,1-2,6-21H2/b22-5-. The van der Waals surface area contributed by atoms with Gasteiger partial charge in [0.1, 0.15) is 0 Å². The van der Waals surface area contributed by atoms with E-state index in [9.17, 15) is 13.2 Å². The summed E-state index contributed by atoms with van der Waals surface area (Å²) < 4.78 is 28.9. The second kappa shape index (κ2) is 12.7. The zero-order valence-corrected chi connectivity index (χ0v) is 21.2. The molecule has 0 aromatic carbocycles. The summed E-state index contributed by atoms with van der Waals surface area (Å²) in [6.07, 6.45) is 23.8. The van der Waals surface area contributed by atoms with Crippen LogP contribution in [0.5, 0.6) is 0 Å². The molecule has 1 unspecified atom stereocenters. The summed E-state index contributed by atoms with van der Waals surface area (Å²) in [5.41, 5.74) is 1.29. The first-order valence-electron chi connectivity index (χ1n) is 13.3. The SMILES string of the molecule is C=C/C=C\C1=C(C=C)N(S(=O)(=O)C2CCCCCCC2)C(=O)C1C1CCCCCCCCC1. The average molecular weight is 474 g/mol. The zero-order chi connectivity index (χ0) is 23.7. The van der Waals surface area contributed by atoms with E-state index in [1.54, 1.807) is 12.2 Å². The molecule has 3 aliphatic rings. The molecule has 33 heavy (non-hydrogen) atoms. The number of rotatable bonds is 6. The Morgan fingerprint density at radius 2 is 1.24 bits per heavy atom. The van der Waals surface area contributed by atoms with Crippen LogP contribution in [0.2, 0.25) is 0 Å². The summed E-state index contributed by atoms with van der Waals surface area (Å²) in [7, 11) is -3.78. The Labute approximate surface area is 201 Å². The van der Waals surface area contributed by atoms with Gasteiger partial charge in [-0.15, -0.1) is 0 Å². The molecule has 4 nitrogen and oxygen atoms in total. The lowest BCUT2D eigenvalue weighted by Gasteiger charge is -2.28. The Morgan fingerprint density at radius 1 is 0.758 bits per heavy atom. The highest BCUT2D eigenvalue weighted by Crippen LogP contribution is 2.43. The van der Waals surface area contributed by atoms with Crippen molar-refractivity contribution in [2.75, 3.05) is 0 Å². The lowest BCUT2D eigenvalue weighted by Crippen LogP contribution is -2.42. The van der Waals surface area contributed by atoms with Crippen molar-refractivity contribution in [3.05, 3.63) is 48.7 Å². The maximum Gasteiger partial charge on any atom is 0.248 e. The van der Waals surface area contributed by atoms with Gasteiger partial charge in [0.05, 0.1) is 16.9 Å². The van der Waals surface area contributed by atoms with Crippen LogP contribution < -0.4 is 0 Å². The van der Waals surface area contributed by atoms with E-state index in [2.05, 4.69) is 13.2 Å². The predicted octanol–water partition coefficient (Wildman–Crippen LogP) is 7.21. The van der Waals surface area contributed by atoms with Crippen molar-refractivity contribution in [2.45, 2.75) is 108 Å². The quantitative estimate of drug-likeness (QED) is 0.383. The highest BCUT2D eigenvalue weighted by atomic mass is 32.2. The number of carbonyl (C=O) groups excluding carboxylic acids is 1. The minimum absolute atomic E-state index is 0.174. The molecule has 5 heteroatoms. The molecule has 3 rings (SSSR count). The van der Waals surface area contributed by atoms with Crippen LogP contribution in [0.25, 0.3) is 0 Å². The molecule has 0 saturated heterocycles. The second-order valence-electron chi connectivity index (χ2n) is 10.0. The Morgan fingerprint density at radius 3 is 1.73 bits per heavy atom. The molecule has 184 valence electrons. The van der Waals surface area contributed by atoms with Gasteiger partial charge < -0.3 is 0 Å². The van der Waals surface area contributed by atoms with Crippen LogP contribution in [-0.4, -0.2) is 23.9 Å². The van der Waals surface area contributed by atoms with E-state index < -0.39 is 21.2 Å². The van der Waals surface area contributed by atoms with Crippen LogP contribution >= 0.6 is 0 Å². The molecule has 0 spiro atoms. The molecular weight excluding hydrogens is 430 g/mol. The molecule has 2 aliphatic carbocycles. The molecule has 0 N–H and O–H groups in total. The van der Waals surface area contributed by atoms with Gasteiger partial charge in [-0.25, -0.2) is 12.7 Å². The van der Waals surface area contributed by atoms with Crippen LogP contribution in [0.3, 0.4) is 0 Å². The van der Waals surface area contributed by atoms with E-state index in [1.807, 2.05) is 12.2 Å². The first-order chi connectivity index (χ1) is 16.0. The fourth-order valence-corrected chi connectivity index (χ4v) is 8.02. The van der Waals surface area contributed by atoms with Gasteiger partial charge >= 0.3 is 0 Å².